The number of carbonyl (C=O) groups is 1. The van der Waals surface area contributed by atoms with Crippen LogP contribution in [0.15, 0.2) is 48.5 Å². The summed E-state index contributed by atoms with van der Waals surface area (Å²) in [6.45, 7) is 6.82. The summed E-state index contributed by atoms with van der Waals surface area (Å²) in [4.78, 5) is 15.1. The van der Waals surface area contributed by atoms with Crippen LogP contribution in [-0.2, 0) is 17.8 Å². The second-order valence-corrected chi connectivity index (χ2v) is 7.90. The van der Waals surface area contributed by atoms with Gasteiger partial charge in [0.25, 0.3) is 0 Å². The minimum Gasteiger partial charge on any atom is -0.349 e. The van der Waals surface area contributed by atoms with Gasteiger partial charge in [-0.05, 0) is 55.5 Å². The summed E-state index contributed by atoms with van der Waals surface area (Å²) in [6, 6.07) is 16.5. The van der Waals surface area contributed by atoms with Gasteiger partial charge in [0.2, 0.25) is 5.91 Å². The maximum absolute atomic E-state index is 12.8. The van der Waals surface area contributed by atoms with Crippen LogP contribution in [0.3, 0.4) is 0 Å². The molecule has 0 unspecified atom stereocenters. The Labute approximate surface area is 167 Å². The van der Waals surface area contributed by atoms with E-state index in [1.54, 1.807) is 0 Å². The fourth-order valence-corrected chi connectivity index (χ4v) is 3.93. The van der Waals surface area contributed by atoms with Crippen LogP contribution in [0.4, 0.5) is 0 Å². The van der Waals surface area contributed by atoms with Gasteiger partial charge < -0.3 is 5.32 Å². The fourth-order valence-electron chi connectivity index (χ4n) is 3.74. The Hall–Kier alpha value is -1.84. The molecule has 144 valence electrons. The molecule has 1 aliphatic heterocycles. The molecule has 1 saturated heterocycles. The summed E-state index contributed by atoms with van der Waals surface area (Å²) < 4.78 is 0. The van der Waals surface area contributed by atoms with E-state index >= 15 is 0 Å². The van der Waals surface area contributed by atoms with E-state index in [9.17, 15) is 4.79 Å². The van der Waals surface area contributed by atoms with Crippen molar-refractivity contribution in [3.05, 3.63) is 70.2 Å². The summed E-state index contributed by atoms with van der Waals surface area (Å²) in [5.74, 6) is 0.199. The van der Waals surface area contributed by atoms with E-state index in [0.29, 0.717) is 0 Å². The molecule has 0 aromatic heterocycles. The van der Waals surface area contributed by atoms with Gasteiger partial charge in [-0.2, -0.15) is 0 Å². The standard InChI is InChI=1S/C23H29ClN2O/c1-3-18-10-12-19(13-11-18)17(2)25-23(27)21-8-6-14-26(16-21)15-20-7-4-5-9-22(20)24/h4-5,7,9-13,17,21H,3,6,8,14-16H2,1-2H3,(H,25,27)/t17-,21+/m1/s1. The van der Waals surface area contributed by atoms with E-state index in [0.717, 1.165) is 55.0 Å². The van der Waals surface area contributed by atoms with Crippen molar-refractivity contribution in [3.63, 3.8) is 0 Å². The number of nitrogens with one attached hydrogen (secondary N) is 1. The van der Waals surface area contributed by atoms with Gasteiger partial charge in [-0.1, -0.05) is 61.0 Å². The molecule has 27 heavy (non-hydrogen) atoms. The largest absolute Gasteiger partial charge is 0.349 e. The molecule has 1 fully saturated rings. The van der Waals surface area contributed by atoms with Gasteiger partial charge in [-0.15, -0.1) is 0 Å². The Kier molecular flexibility index (Phi) is 6.92. The number of aryl methyl sites for hydroxylation is 1. The van der Waals surface area contributed by atoms with E-state index < -0.39 is 0 Å². The van der Waals surface area contributed by atoms with E-state index in [1.807, 2.05) is 18.2 Å². The number of carbonyl (C=O) groups excluding carboxylic acids is 1. The quantitative estimate of drug-likeness (QED) is 0.760. The molecule has 3 nitrogen and oxygen atoms in total. The summed E-state index contributed by atoms with van der Waals surface area (Å²) in [5, 5.41) is 4.01. The first-order valence-electron chi connectivity index (χ1n) is 9.91. The number of hydrogen-bond donors (Lipinski definition) is 1. The number of likely N-dealkylation sites (tertiary alicyclic amines) is 1. The van der Waals surface area contributed by atoms with E-state index in [-0.39, 0.29) is 17.9 Å². The maximum Gasteiger partial charge on any atom is 0.224 e. The Bertz CT molecular complexity index is 759. The average molecular weight is 385 g/mol. The minimum atomic E-state index is 0.0300. The molecular formula is C23H29ClN2O. The van der Waals surface area contributed by atoms with Crippen LogP contribution in [0, 0.1) is 5.92 Å². The SMILES string of the molecule is CCc1ccc([C@@H](C)NC(=O)[C@H]2CCCN(Cc3ccccc3Cl)C2)cc1. The highest BCUT2D eigenvalue weighted by Crippen LogP contribution is 2.23. The number of nitrogens with zero attached hydrogens (tertiary/aromatic N) is 1. The number of hydrogen-bond acceptors (Lipinski definition) is 2. The molecule has 2 aromatic carbocycles. The lowest BCUT2D eigenvalue weighted by Gasteiger charge is -2.32. The molecule has 0 spiro atoms. The molecule has 1 N–H and O–H groups in total. The summed E-state index contributed by atoms with van der Waals surface area (Å²) >= 11 is 6.29. The second kappa shape index (κ2) is 9.38. The zero-order chi connectivity index (χ0) is 19.2. The van der Waals surface area contributed by atoms with Crippen molar-refractivity contribution in [2.24, 2.45) is 5.92 Å². The van der Waals surface area contributed by atoms with Crippen LogP contribution in [0.25, 0.3) is 0 Å². The van der Waals surface area contributed by atoms with Gasteiger partial charge in [0.05, 0.1) is 12.0 Å². The van der Waals surface area contributed by atoms with Crippen LogP contribution in [0.1, 0.15) is 49.4 Å². The molecule has 1 heterocycles. The van der Waals surface area contributed by atoms with Crippen molar-refractivity contribution in [3.8, 4) is 0 Å². The monoisotopic (exact) mass is 384 g/mol. The lowest BCUT2D eigenvalue weighted by Crippen LogP contribution is -2.43. The van der Waals surface area contributed by atoms with Gasteiger partial charge in [-0.25, -0.2) is 0 Å². The van der Waals surface area contributed by atoms with Crippen LogP contribution < -0.4 is 5.32 Å². The zero-order valence-corrected chi connectivity index (χ0v) is 17.0. The third kappa shape index (κ3) is 5.33. The normalized spacial score (nSPS) is 18.9. The van der Waals surface area contributed by atoms with Crippen molar-refractivity contribution >= 4 is 17.5 Å². The van der Waals surface area contributed by atoms with Gasteiger partial charge in [0, 0.05) is 18.1 Å². The highest BCUT2D eigenvalue weighted by Gasteiger charge is 2.27. The smallest absolute Gasteiger partial charge is 0.224 e. The molecule has 0 bridgehead atoms. The highest BCUT2D eigenvalue weighted by molar-refractivity contribution is 6.31. The fraction of sp³-hybridized carbons (Fsp3) is 0.435. The number of halogens is 1. The number of benzene rings is 2. The van der Waals surface area contributed by atoms with E-state index in [2.05, 4.69) is 54.4 Å². The summed E-state index contributed by atoms with van der Waals surface area (Å²) in [6.07, 6.45) is 3.03. The van der Waals surface area contributed by atoms with Crippen LogP contribution in [-0.4, -0.2) is 23.9 Å². The van der Waals surface area contributed by atoms with Crippen molar-refractivity contribution in [2.45, 2.75) is 45.7 Å². The van der Waals surface area contributed by atoms with Crippen LogP contribution in [0.2, 0.25) is 5.02 Å². The molecular weight excluding hydrogens is 356 g/mol. The summed E-state index contributed by atoms with van der Waals surface area (Å²) in [7, 11) is 0. The Morgan fingerprint density at radius 1 is 1.22 bits per heavy atom. The molecule has 3 rings (SSSR count). The molecule has 0 saturated carbocycles. The number of piperidine rings is 1. The van der Waals surface area contributed by atoms with Crippen molar-refractivity contribution < 1.29 is 4.79 Å². The van der Waals surface area contributed by atoms with Crippen molar-refractivity contribution in [1.82, 2.24) is 10.2 Å². The molecule has 2 aromatic rings. The third-order valence-corrected chi connectivity index (χ3v) is 5.84. The molecule has 4 heteroatoms. The second-order valence-electron chi connectivity index (χ2n) is 7.49. The predicted octanol–water partition coefficient (Wildman–Crippen LogP) is 4.99. The Morgan fingerprint density at radius 2 is 1.96 bits per heavy atom. The first-order valence-corrected chi connectivity index (χ1v) is 10.3. The molecule has 1 amide bonds. The molecule has 0 aliphatic carbocycles. The molecule has 1 aliphatic rings. The zero-order valence-electron chi connectivity index (χ0n) is 16.2. The van der Waals surface area contributed by atoms with Crippen molar-refractivity contribution in [1.29, 1.82) is 0 Å². The van der Waals surface area contributed by atoms with Crippen LogP contribution in [0.5, 0.6) is 0 Å². The van der Waals surface area contributed by atoms with Gasteiger partial charge in [0.15, 0.2) is 0 Å². The summed E-state index contributed by atoms with van der Waals surface area (Å²) in [5.41, 5.74) is 3.61. The topological polar surface area (TPSA) is 32.3 Å². The van der Waals surface area contributed by atoms with Crippen LogP contribution >= 0.6 is 11.6 Å². The Balaban J connectivity index is 1.56. The lowest BCUT2D eigenvalue weighted by molar-refractivity contribution is -0.127. The third-order valence-electron chi connectivity index (χ3n) is 5.47. The first-order chi connectivity index (χ1) is 13.1. The van der Waals surface area contributed by atoms with E-state index in [4.69, 9.17) is 11.6 Å². The minimum absolute atomic E-state index is 0.0300. The average Bonchev–Trinajstić information content (AvgIpc) is 2.70. The van der Waals surface area contributed by atoms with Crippen molar-refractivity contribution in [2.75, 3.05) is 13.1 Å². The number of rotatable bonds is 6. The first kappa shape index (κ1) is 19.9. The van der Waals surface area contributed by atoms with E-state index in [1.165, 1.54) is 5.56 Å². The maximum atomic E-state index is 12.8. The Morgan fingerprint density at radius 3 is 2.67 bits per heavy atom. The predicted molar refractivity (Wildman–Crippen MR) is 112 cm³/mol. The van der Waals surface area contributed by atoms with Gasteiger partial charge in [0.1, 0.15) is 0 Å². The molecule has 0 radical (unpaired) electrons. The molecule has 2 atom stereocenters. The van der Waals surface area contributed by atoms with Gasteiger partial charge >= 0.3 is 0 Å². The number of amides is 1. The lowest BCUT2D eigenvalue weighted by atomic mass is 9.95. The highest BCUT2D eigenvalue weighted by atomic mass is 35.5. The van der Waals surface area contributed by atoms with Gasteiger partial charge in [-0.3, -0.25) is 9.69 Å².